The summed E-state index contributed by atoms with van der Waals surface area (Å²) in [6.45, 7) is 1.93. The quantitative estimate of drug-likeness (QED) is 0.599. The van der Waals surface area contributed by atoms with Crippen LogP contribution in [-0.4, -0.2) is 39.8 Å². The number of aromatic amines is 1. The van der Waals surface area contributed by atoms with E-state index < -0.39 is 0 Å². The molecule has 0 radical (unpaired) electrons. The van der Waals surface area contributed by atoms with Gasteiger partial charge in [-0.15, -0.1) is 20.4 Å². The molecule has 9 heteroatoms. The van der Waals surface area contributed by atoms with Gasteiger partial charge in [-0.2, -0.15) is 9.61 Å². The Bertz CT molecular complexity index is 706. The van der Waals surface area contributed by atoms with E-state index in [0.717, 1.165) is 5.56 Å². The van der Waals surface area contributed by atoms with Crippen molar-refractivity contribution in [3.05, 3.63) is 22.7 Å². The summed E-state index contributed by atoms with van der Waals surface area (Å²) in [5.41, 5.74) is 1.01. The molecule has 0 saturated carbocycles. The van der Waals surface area contributed by atoms with Gasteiger partial charge in [0, 0.05) is 6.20 Å². The van der Waals surface area contributed by atoms with Crippen molar-refractivity contribution in [1.82, 2.24) is 39.8 Å². The highest BCUT2D eigenvalue weighted by molar-refractivity contribution is 7.71. The second-order valence-electron chi connectivity index (χ2n) is 3.20. The standard InChI is InChI=1S/C7H6N8S/c1-4-2-8-14(3-4)6-11-9-5-10-12-7(16)15(5)13-6/h2-3H,1H3,(H,12,16). The number of aryl methyl sites for hydroxylation is 1. The summed E-state index contributed by atoms with van der Waals surface area (Å²) >= 11 is 4.99. The van der Waals surface area contributed by atoms with E-state index in [1.165, 1.54) is 9.20 Å². The fraction of sp³-hybridized carbons (Fsp3) is 0.143. The van der Waals surface area contributed by atoms with E-state index >= 15 is 0 Å². The minimum Gasteiger partial charge on any atom is -0.248 e. The smallest absolute Gasteiger partial charge is 0.248 e. The van der Waals surface area contributed by atoms with Gasteiger partial charge in [0.1, 0.15) is 0 Å². The molecule has 0 fully saturated rings. The molecular formula is C7H6N8S. The first-order valence-electron chi connectivity index (χ1n) is 4.44. The predicted octanol–water partition coefficient (Wildman–Crippen LogP) is 0.0710. The molecule has 80 valence electrons. The van der Waals surface area contributed by atoms with Crippen LogP contribution in [0.25, 0.3) is 11.7 Å². The Kier molecular flexibility index (Phi) is 1.80. The second-order valence-corrected chi connectivity index (χ2v) is 3.59. The van der Waals surface area contributed by atoms with E-state index in [2.05, 4.69) is 30.6 Å². The highest BCUT2D eigenvalue weighted by atomic mass is 32.1. The number of nitrogens with one attached hydrogen (secondary N) is 1. The second kappa shape index (κ2) is 3.17. The first-order chi connectivity index (χ1) is 7.74. The van der Waals surface area contributed by atoms with Crippen molar-refractivity contribution in [3.63, 3.8) is 0 Å². The topological polar surface area (TPSA) is 89.6 Å². The summed E-state index contributed by atoms with van der Waals surface area (Å²) in [6, 6.07) is 0. The highest BCUT2D eigenvalue weighted by Gasteiger charge is 2.06. The molecule has 0 bridgehead atoms. The van der Waals surface area contributed by atoms with Gasteiger partial charge >= 0.3 is 0 Å². The van der Waals surface area contributed by atoms with E-state index in [1.807, 2.05) is 6.92 Å². The summed E-state index contributed by atoms with van der Waals surface area (Å²) in [5.74, 6) is 0.677. The molecule has 0 amide bonds. The van der Waals surface area contributed by atoms with E-state index in [0.29, 0.717) is 16.5 Å². The molecule has 8 nitrogen and oxygen atoms in total. The summed E-state index contributed by atoms with van der Waals surface area (Å²) in [5, 5.41) is 22.4. The van der Waals surface area contributed by atoms with Crippen LogP contribution in [-0.2, 0) is 0 Å². The molecule has 3 aromatic heterocycles. The summed E-state index contributed by atoms with van der Waals surface area (Å²) in [6.07, 6.45) is 3.51. The molecule has 3 rings (SSSR count). The van der Waals surface area contributed by atoms with Crippen molar-refractivity contribution >= 4 is 18.0 Å². The normalized spacial score (nSPS) is 11.1. The molecule has 1 N–H and O–H groups in total. The number of nitrogens with zero attached hydrogens (tertiary/aromatic N) is 7. The average Bonchev–Trinajstić information content (AvgIpc) is 2.86. The van der Waals surface area contributed by atoms with Crippen molar-refractivity contribution in [3.8, 4) is 5.95 Å². The van der Waals surface area contributed by atoms with Crippen molar-refractivity contribution in [2.75, 3.05) is 0 Å². The molecule has 0 spiro atoms. The maximum absolute atomic E-state index is 4.99. The molecule has 0 saturated heterocycles. The number of aromatic nitrogens is 8. The van der Waals surface area contributed by atoms with Gasteiger partial charge in [0.25, 0.3) is 11.7 Å². The van der Waals surface area contributed by atoms with E-state index in [1.54, 1.807) is 12.4 Å². The van der Waals surface area contributed by atoms with Gasteiger partial charge in [-0.3, -0.25) is 0 Å². The van der Waals surface area contributed by atoms with Gasteiger partial charge in [-0.25, -0.2) is 9.78 Å². The Hall–Kier alpha value is -2.16. The third-order valence-electron chi connectivity index (χ3n) is 1.97. The van der Waals surface area contributed by atoms with Gasteiger partial charge < -0.3 is 0 Å². The lowest BCUT2D eigenvalue weighted by atomic mass is 10.4. The minimum absolute atomic E-state index is 0.331. The lowest BCUT2D eigenvalue weighted by Gasteiger charge is -1.96. The number of hydrogen-bond donors (Lipinski definition) is 1. The van der Waals surface area contributed by atoms with Crippen LogP contribution in [0, 0.1) is 11.7 Å². The molecule has 0 unspecified atom stereocenters. The van der Waals surface area contributed by atoms with E-state index in [9.17, 15) is 0 Å². The van der Waals surface area contributed by atoms with Gasteiger partial charge in [0.05, 0.1) is 6.20 Å². The minimum atomic E-state index is 0.331. The van der Waals surface area contributed by atoms with Gasteiger partial charge in [0.15, 0.2) is 0 Å². The third kappa shape index (κ3) is 1.29. The Labute approximate surface area is 93.9 Å². The lowest BCUT2D eigenvalue weighted by Crippen LogP contribution is -2.08. The summed E-state index contributed by atoms with van der Waals surface area (Å²) < 4.78 is 3.29. The molecule has 3 aromatic rings. The van der Waals surface area contributed by atoms with Crippen LogP contribution in [0.5, 0.6) is 0 Å². The highest BCUT2D eigenvalue weighted by Crippen LogP contribution is 2.01. The van der Waals surface area contributed by atoms with Crippen molar-refractivity contribution in [1.29, 1.82) is 0 Å². The Balaban J connectivity index is 2.25. The van der Waals surface area contributed by atoms with Crippen LogP contribution in [0.4, 0.5) is 0 Å². The molecule has 0 atom stereocenters. The van der Waals surface area contributed by atoms with Crippen molar-refractivity contribution < 1.29 is 0 Å². The van der Waals surface area contributed by atoms with Gasteiger partial charge in [0.2, 0.25) is 4.77 Å². The number of H-pyrrole nitrogens is 1. The Morgan fingerprint density at radius 3 is 3.00 bits per heavy atom. The lowest BCUT2D eigenvalue weighted by molar-refractivity contribution is 0.712. The number of hydrogen-bond acceptors (Lipinski definition) is 6. The van der Waals surface area contributed by atoms with Crippen molar-refractivity contribution in [2.24, 2.45) is 0 Å². The van der Waals surface area contributed by atoms with Crippen LogP contribution in [0.15, 0.2) is 12.4 Å². The zero-order valence-corrected chi connectivity index (χ0v) is 9.01. The van der Waals surface area contributed by atoms with Crippen LogP contribution in [0.1, 0.15) is 5.56 Å². The average molecular weight is 234 g/mol. The van der Waals surface area contributed by atoms with Crippen LogP contribution < -0.4 is 0 Å². The fourth-order valence-corrected chi connectivity index (χ4v) is 1.42. The number of rotatable bonds is 1. The van der Waals surface area contributed by atoms with Crippen LogP contribution in [0.3, 0.4) is 0 Å². The molecule has 0 aliphatic heterocycles. The summed E-state index contributed by atoms with van der Waals surface area (Å²) in [7, 11) is 0. The van der Waals surface area contributed by atoms with Crippen LogP contribution >= 0.6 is 12.2 Å². The first-order valence-corrected chi connectivity index (χ1v) is 4.84. The SMILES string of the molecule is Cc1cnn(-c2nnc3n[nH]c(=S)n3n2)c1. The molecule has 0 aromatic carbocycles. The van der Waals surface area contributed by atoms with E-state index in [4.69, 9.17) is 12.2 Å². The van der Waals surface area contributed by atoms with Crippen LogP contribution in [0.2, 0.25) is 0 Å². The first kappa shape index (κ1) is 9.09. The molecule has 3 heterocycles. The van der Waals surface area contributed by atoms with E-state index in [-0.39, 0.29) is 0 Å². The van der Waals surface area contributed by atoms with Gasteiger partial charge in [-0.05, 0) is 24.7 Å². The fourth-order valence-electron chi connectivity index (χ4n) is 1.25. The maximum atomic E-state index is 4.99. The Morgan fingerprint density at radius 1 is 1.38 bits per heavy atom. The van der Waals surface area contributed by atoms with Gasteiger partial charge in [-0.1, -0.05) is 0 Å². The predicted molar refractivity (Wildman–Crippen MR) is 55.6 cm³/mol. The molecule has 0 aliphatic rings. The molecule has 0 aliphatic carbocycles. The molecule has 16 heavy (non-hydrogen) atoms. The third-order valence-corrected chi connectivity index (χ3v) is 2.23. The largest absolute Gasteiger partial charge is 0.289 e. The zero-order valence-electron chi connectivity index (χ0n) is 8.19. The summed E-state index contributed by atoms with van der Waals surface area (Å²) in [4.78, 5) is 0. The Morgan fingerprint density at radius 2 is 2.25 bits per heavy atom. The maximum Gasteiger partial charge on any atom is 0.289 e. The molecular weight excluding hydrogens is 228 g/mol. The monoisotopic (exact) mass is 234 g/mol. The van der Waals surface area contributed by atoms with Crippen molar-refractivity contribution in [2.45, 2.75) is 6.92 Å². The number of fused-ring (bicyclic) bond motifs is 1. The zero-order chi connectivity index (χ0) is 11.1.